The first-order chi connectivity index (χ1) is 12.6. The minimum Gasteiger partial charge on any atom is -0.345 e. The minimum absolute atomic E-state index is 0.134. The first-order valence-corrected chi connectivity index (χ1v) is 10.3. The Morgan fingerprint density at radius 3 is 2.12 bits per heavy atom. The molecule has 1 saturated heterocycles. The molecule has 5 heteroatoms. The second-order valence-corrected chi connectivity index (χ2v) is 8.34. The molecule has 142 valence electrons. The normalized spacial score (nSPS) is 21.9. The fraction of sp³-hybridized carbons (Fsp3) is 0.714. The van der Waals surface area contributed by atoms with E-state index in [0.717, 1.165) is 24.1 Å². The van der Waals surface area contributed by atoms with Crippen molar-refractivity contribution in [1.29, 1.82) is 0 Å². The number of piperazine rings is 1. The van der Waals surface area contributed by atoms with Crippen LogP contribution in [-0.2, 0) is 4.79 Å². The van der Waals surface area contributed by atoms with Crippen molar-refractivity contribution in [3.05, 3.63) is 23.0 Å². The number of aryl methyl sites for hydroxylation is 1. The van der Waals surface area contributed by atoms with E-state index in [-0.39, 0.29) is 11.8 Å². The van der Waals surface area contributed by atoms with Gasteiger partial charge in [-0.25, -0.2) is 0 Å². The van der Waals surface area contributed by atoms with Gasteiger partial charge in [0, 0.05) is 49.5 Å². The molecule has 1 aliphatic heterocycles. The highest BCUT2D eigenvalue weighted by atomic mass is 16.2. The third-order valence-electron chi connectivity index (χ3n) is 6.46. The zero-order valence-corrected chi connectivity index (χ0v) is 16.2. The Hall–Kier alpha value is -1.78. The standard InChI is InChI=1S/C21H31N3O2/c1-15-14-19(16(2)24(15)18-8-9-18)21(26)23-12-10-22(11-13-23)20(25)17-6-4-3-5-7-17/h14,17-18H,3-13H2,1-2H3. The molecule has 5 nitrogen and oxygen atoms in total. The predicted molar refractivity (Wildman–Crippen MR) is 101 cm³/mol. The Labute approximate surface area is 156 Å². The van der Waals surface area contributed by atoms with Crippen molar-refractivity contribution >= 4 is 11.8 Å². The van der Waals surface area contributed by atoms with Gasteiger partial charge in [0.05, 0.1) is 5.56 Å². The van der Waals surface area contributed by atoms with Crippen molar-refractivity contribution in [2.24, 2.45) is 5.92 Å². The smallest absolute Gasteiger partial charge is 0.255 e. The van der Waals surface area contributed by atoms with E-state index in [9.17, 15) is 9.59 Å². The molecule has 2 saturated carbocycles. The molecule has 0 aromatic carbocycles. The number of carbonyl (C=O) groups is 2. The molecule has 3 aliphatic rings. The van der Waals surface area contributed by atoms with Gasteiger partial charge in [-0.15, -0.1) is 0 Å². The lowest BCUT2D eigenvalue weighted by Crippen LogP contribution is -2.52. The summed E-state index contributed by atoms with van der Waals surface area (Å²) in [6.07, 6.45) is 8.19. The maximum Gasteiger partial charge on any atom is 0.255 e. The third kappa shape index (κ3) is 3.28. The highest BCUT2D eigenvalue weighted by molar-refractivity contribution is 5.96. The molecule has 0 radical (unpaired) electrons. The highest BCUT2D eigenvalue weighted by Crippen LogP contribution is 2.38. The quantitative estimate of drug-likeness (QED) is 0.833. The van der Waals surface area contributed by atoms with Crippen molar-refractivity contribution < 1.29 is 9.59 Å². The van der Waals surface area contributed by atoms with Gasteiger partial charge in [0.15, 0.2) is 0 Å². The number of aromatic nitrogens is 1. The van der Waals surface area contributed by atoms with E-state index in [2.05, 4.69) is 24.5 Å². The molecule has 0 spiro atoms. The number of nitrogens with zero attached hydrogens (tertiary/aromatic N) is 3. The van der Waals surface area contributed by atoms with Gasteiger partial charge in [0.1, 0.15) is 0 Å². The summed E-state index contributed by atoms with van der Waals surface area (Å²) in [4.78, 5) is 29.6. The Morgan fingerprint density at radius 1 is 0.885 bits per heavy atom. The van der Waals surface area contributed by atoms with Crippen LogP contribution < -0.4 is 0 Å². The van der Waals surface area contributed by atoms with Crippen LogP contribution in [0.15, 0.2) is 6.07 Å². The summed E-state index contributed by atoms with van der Waals surface area (Å²) in [5.41, 5.74) is 3.15. The van der Waals surface area contributed by atoms with Crippen molar-refractivity contribution in [3.8, 4) is 0 Å². The van der Waals surface area contributed by atoms with Crippen LogP contribution in [0, 0.1) is 19.8 Å². The monoisotopic (exact) mass is 357 g/mol. The molecule has 0 unspecified atom stereocenters. The topological polar surface area (TPSA) is 45.6 Å². The largest absolute Gasteiger partial charge is 0.345 e. The van der Waals surface area contributed by atoms with Crippen LogP contribution in [0.5, 0.6) is 0 Å². The molecular formula is C21H31N3O2. The summed E-state index contributed by atoms with van der Waals surface area (Å²) in [6.45, 7) is 6.85. The summed E-state index contributed by atoms with van der Waals surface area (Å²) in [6, 6.07) is 2.65. The average Bonchev–Trinajstić information content (AvgIpc) is 3.46. The van der Waals surface area contributed by atoms with Crippen molar-refractivity contribution in [2.45, 2.75) is 64.8 Å². The Morgan fingerprint density at radius 2 is 1.50 bits per heavy atom. The lowest BCUT2D eigenvalue weighted by atomic mass is 9.88. The van der Waals surface area contributed by atoms with Gasteiger partial charge in [-0.05, 0) is 45.6 Å². The molecule has 0 bridgehead atoms. The van der Waals surface area contributed by atoms with Gasteiger partial charge >= 0.3 is 0 Å². The first kappa shape index (κ1) is 17.6. The van der Waals surface area contributed by atoms with E-state index in [1.165, 1.54) is 37.8 Å². The molecule has 2 heterocycles. The van der Waals surface area contributed by atoms with Crippen LogP contribution in [0.4, 0.5) is 0 Å². The lowest BCUT2D eigenvalue weighted by Gasteiger charge is -2.37. The molecule has 2 amide bonds. The Bertz CT molecular complexity index is 690. The second-order valence-electron chi connectivity index (χ2n) is 8.34. The van der Waals surface area contributed by atoms with Crippen LogP contribution in [0.1, 0.15) is 72.7 Å². The molecule has 1 aromatic heterocycles. The minimum atomic E-state index is 0.134. The first-order valence-electron chi connectivity index (χ1n) is 10.3. The molecule has 26 heavy (non-hydrogen) atoms. The summed E-state index contributed by atoms with van der Waals surface area (Å²) in [5, 5.41) is 0. The number of hydrogen-bond donors (Lipinski definition) is 0. The Kier molecular flexibility index (Phi) is 4.80. The maximum absolute atomic E-state index is 13.0. The average molecular weight is 357 g/mol. The molecular weight excluding hydrogens is 326 g/mol. The molecule has 3 fully saturated rings. The SMILES string of the molecule is Cc1cc(C(=O)N2CCN(C(=O)C3CCCCC3)CC2)c(C)n1C1CC1. The molecule has 1 aromatic rings. The fourth-order valence-electron chi connectivity index (χ4n) is 4.80. The van der Waals surface area contributed by atoms with Gasteiger partial charge in [0.2, 0.25) is 5.91 Å². The third-order valence-corrected chi connectivity index (χ3v) is 6.46. The summed E-state index contributed by atoms with van der Waals surface area (Å²) in [5.74, 6) is 0.682. The highest BCUT2D eigenvalue weighted by Gasteiger charge is 2.32. The van der Waals surface area contributed by atoms with Crippen LogP contribution in [0.3, 0.4) is 0 Å². The molecule has 0 N–H and O–H groups in total. The van der Waals surface area contributed by atoms with Crippen LogP contribution in [0.25, 0.3) is 0 Å². The van der Waals surface area contributed by atoms with Crippen molar-refractivity contribution in [1.82, 2.24) is 14.4 Å². The lowest BCUT2D eigenvalue weighted by molar-refractivity contribution is -0.138. The number of hydrogen-bond acceptors (Lipinski definition) is 2. The van der Waals surface area contributed by atoms with Crippen LogP contribution in [0.2, 0.25) is 0 Å². The van der Waals surface area contributed by atoms with Gasteiger partial charge < -0.3 is 14.4 Å². The number of amides is 2. The van der Waals surface area contributed by atoms with Crippen molar-refractivity contribution in [2.75, 3.05) is 26.2 Å². The zero-order valence-electron chi connectivity index (χ0n) is 16.2. The second kappa shape index (κ2) is 7.09. The predicted octanol–water partition coefficient (Wildman–Crippen LogP) is 3.30. The van der Waals surface area contributed by atoms with E-state index in [0.29, 0.717) is 38.1 Å². The number of carbonyl (C=O) groups excluding carboxylic acids is 2. The van der Waals surface area contributed by atoms with Crippen molar-refractivity contribution in [3.63, 3.8) is 0 Å². The van der Waals surface area contributed by atoms with Crippen LogP contribution in [-0.4, -0.2) is 52.4 Å². The molecule has 0 atom stereocenters. The maximum atomic E-state index is 13.0. The van der Waals surface area contributed by atoms with Gasteiger partial charge in [-0.2, -0.15) is 0 Å². The fourth-order valence-corrected chi connectivity index (χ4v) is 4.80. The summed E-state index contributed by atoms with van der Waals surface area (Å²) < 4.78 is 2.33. The van der Waals surface area contributed by atoms with E-state index in [4.69, 9.17) is 0 Å². The van der Waals surface area contributed by atoms with Crippen LogP contribution >= 0.6 is 0 Å². The molecule has 4 rings (SSSR count). The number of rotatable bonds is 3. The van der Waals surface area contributed by atoms with E-state index >= 15 is 0 Å². The summed E-state index contributed by atoms with van der Waals surface area (Å²) in [7, 11) is 0. The van der Waals surface area contributed by atoms with Gasteiger partial charge in [0.25, 0.3) is 5.91 Å². The van der Waals surface area contributed by atoms with E-state index in [1.807, 2.05) is 9.80 Å². The zero-order chi connectivity index (χ0) is 18.3. The summed E-state index contributed by atoms with van der Waals surface area (Å²) >= 11 is 0. The molecule has 2 aliphatic carbocycles. The van der Waals surface area contributed by atoms with E-state index in [1.54, 1.807) is 0 Å². The van der Waals surface area contributed by atoms with Gasteiger partial charge in [-0.1, -0.05) is 19.3 Å². The van der Waals surface area contributed by atoms with Gasteiger partial charge in [-0.3, -0.25) is 9.59 Å². The van der Waals surface area contributed by atoms with E-state index < -0.39 is 0 Å². The Balaban J connectivity index is 1.38.